The highest BCUT2D eigenvalue weighted by molar-refractivity contribution is 7.16. The lowest BCUT2D eigenvalue weighted by atomic mass is 10.0. The highest BCUT2D eigenvalue weighted by atomic mass is 32.1. The van der Waals surface area contributed by atoms with Gasteiger partial charge in [0.2, 0.25) is 5.91 Å². The quantitative estimate of drug-likeness (QED) is 0.664. The van der Waals surface area contributed by atoms with E-state index in [9.17, 15) is 9.59 Å². The maximum absolute atomic E-state index is 12.9. The van der Waals surface area contributed by atoms with Crippen LogP contribution in [0.15, 0.2) is 46.8 Å². The number of thiophene rings is 1. The van der Waals surface area contributed by atoms with E-state index in [0.717, 1.165) is 29.9 Å². The molecular formula is C21H24N4O2S. The predicted molar refractivity (Wildman–Crippen MR) is 113 cm³/mol. The molecular weight excluding hydrogens is 372 g/mol. The molecule has 0 aliphatic carbocycles. The van der Waals surface area contributed by atoms with E-state index < -0.39 is 0 Å². The number of anilines is 1. The van der Waals surface area contributed by atoms with Crippen LogP contribution in [0.3, 0.4) is 0 Å². The average molecular weight is 397 g/mol. The summed E-state index contributed by atoms with van der Waals surface area (Å²) >= 11 is 1.45. The summed E-state index contributed by atoms with van der Waals surface area (Å²) in [7, 11) is 4.04. The van der Waals surface area contributed by atoms with E-state index in [4.69, 9.17) is 0 Å². The number of rotatable bonds is 5. The number of nitrogens with zero attached hydrogens (tertiary/aromatic N) is 4. The van der Waals surface area contributed by atoms with E-state index >= 15 is 0 Å². The van der Waals surface area contributed by atoms with Crippen LogP contribution in [0.1, 0.15) is 30.9 Å². The summed E-state index contributed by atoms with van der Waals surface area (Å²) in [6.07, 6.45) is 3.84. The van der Waals surface area contributed by atoms with Crippen molar-refractivity contribution >= 4 is 33.1 Å². The Hall–Kier alpha value is -2.67. The number of benzene rings is 1. The second-order valence-corrected chi connectivity index (χ2v) is 8.26. The van der Waals surface area contributed by atoms with Gasteiger partial charge in [0.05, 0.1) is 17.8 Å². The second kappa shape index (κ2) is 7.75. The van der Waals surface area contributed by atoms with Crippen LogP contribution in [0.5, 0.6) is 0 Å². The molecule has 0 saturated carbocycles. The molecule has 1 unspecified atom stereocenters. The van der Waals surface area contributed by atoms with E-state index in [1.165, 1.54) is 16.9 Å². The van der Waals surface area contributed by atoms with E-state index in [-0.39, 0.29) is 17.5 Å². The number of amides is 1. The maximum Gasteiger partial charge on any atom is 0.262 e. The number of aromatic nitrogens is 2. The van der Waals surface area contributed by atoms with Gasteiger partial charge in [0.1, 0.15) is 4.83 Å². The second-order valence-electron chi connectivity index (χ2n) is 7.37. The Morgan fingerprint density at radius 1 is 1.32 bits per heavy atom. The van der Waals surface area contributed by atoms with Gasteiger partial charge in [-0.3, -0.25) is 14.2 Å². The number of carbonyl (C=O) groups excluding carboxylic acids is 1. The molecule has 1 fully saturated rings. The molecule has 1 aliphatic rings. The molecule has 1 atom stereocenters. The first kappa shape index (κ1) is 18.7. The largest absolute Gasteiger partial charge is 0.378 e. The molecule has 3 heterocycles. The van der Waals surface area contributed by atoms with Crippen LogP contribution in [0.2, 0.25) is 0 Å². The van der Waals surface area contributed by atoms with Gasteiger partial charge in [-0.2, -0.15) is 0 Å². The fraction of sp³-hybridized carbons (Fsp3) is 0.381. The minimum Gasteiger partial charge on any atom is -0.378 e. The summed E-state index contributed by atoms with van der Waals surface area (Å²) in [5, 5.41) is 2.49. The Morgan fingerprint density at radius 2 is 2.18 bits per heavy atom. The lowest BCUT2D eigenvalue weighted by Gasteiger charge is -2.26. The summed E-state index contributed by atoms with van der Waals surface area (Å²) in [5.74, 6) is 0.0927. The Kier molecular flexibility index (Phi) is 5.17. The van der Waals surface area contributed by atoms with Crippen LogP contribution in [-0.2, 0) is 11.3 Å². The first-order valence-electron chi connectivity index (χ1n) is 9.54. The van der Waals surface area contributed by atoms with Gasteiger partial charge >= 0.3 is 0 Å². The van der Waals surface area contributed by atoms with Crippen molar-refractivity contribution in [1.29, 1.82) is 0 Å². The third-order valence-electron chi connectivity index (χ3n) is 5.36. The number of fused-ring (bicyclic) bond motifs is 1. The molecule has 1 saturated heterocycles. The van der Waals surface area contributed by atoms with Crippen molar-refractivity contribution in [2.24, 2.45) is 0 Å². The topological polar surface area (TPSA) is 58.4 Å². The number of likely N-dealkylation sites (tertiary alicyclic amines) is 1. The predicted octanol–water partition coefficient (Wildman–Crippen LogP) is 3.28. The molecule has 0 radical (unpaired) electrons. The molecule has 6 nitrogen and oxygen atoms in total. The van der Waals surface area contributed by atoms with Crippen LogP contribution in [0.25, 0.3) is 10.2 Å². The molecule has 28 heavy (non-hydrogen) atoms. The number of hydrogen-bond acceptors (Lipinski definition) is 5. The van der Waals surface area contributed by atoms with Gasteiger partial charge in [-0.15, -0.1) is 11.3 Å². The van der Waals surface area contributed by atoms with E-state index in [1.807, 2.05) is 30.4 Å². The summed E-state index contributed by atoms with van der Waals surface area (Å²) in [6, 6.07) is 10.3. The molecule has 3 aromatic rings. The van der Waals surface area contributed by atoms with Gasteiger partial charge < -0.3 is 9.80 Å². The highest BCUT2D eigenvalue weighted by Crippen LogP contribution is 2.33. The smallest absolute Gasteiger partial charge is 0.262 e. The molecule has 146 valence electrons. The summed E-state index contributed by atoms with van der Waals surface area (Å²) in [4.78, 5) is 34.5. The van der Waals surface area contributed by atoms with Crippen molar-refractivity contribution in [3.63, 3.8) is 0 Å². The van der Waals surface area contributed by atoms with Gasteiger partial charge in [-0.25, -0.2) is 4.98 Å². The van der Waals surface area contributed by atoms with Gasteiger partial charge in [-0.05, 0) is 42.0 Å². The SMILES string of the molecule is CN(C)c1cccc(C2CCCN2C(=O)CCn2cnc3sccc3c2=O)c1. The van der Waals surface area contributed by atoms with Gasteiger partial charge in [0, 0.05) is 39.3 Å². The van der Waals surface area contributed by atoms with Crippen LogP contribution in [-0.4, -0.2) is 41.0 Å². The minimum atomic E-state index is -0.0734. The van der Waals surface area contributed by atoms with Crippen LogP contribution < -0.4 is 10.5 Å². The highest BCUT2D eigenvalue weighted by Gasteiger charge is 2.29. The van der Waals surface area contributed by atoms with E-state index in [0.29, 0.717) is 18.4 Å². The van der Waals surface area contributed by atoms with Crippen molar-refractivity contribution in [1.82, 2.24) is 14.5 Å². The average Bonchev–Trinajstić information content (AvgIpc) is 3.37. The van der Waals surface area contributed by atoms with Crippen molar-refractivity contribution in [2.45, 2.75) is 31.8 Å². The molecule has 0 spiro atoms. The zero-order valence-corrected chi connectivity index (χ0v) is 17.0. The molecule has 4 rings (SSSR count). The number of aryl methyl sites for hydroxylation is 1. The molecule has 2 aromatic heterocycles. The molecule has 7 heteroatoms. The van der Waals surface area contributed by atoms with E-state index in [2.05, 4.69) is 28.1 Å². The summed E-state index contributed by atoms with van der Waals surface area (Å²) < 4.78 is 1.55. The fourth-order valence-corrected chi connectivity index (χ4v) is 4.56. The standard InChI is InChI=1S/C21H24N4O2S/c1-23(2)16-6-3-5-15(13-16)18-7-4-10-25(18)19(26)8-11-24-14-22-20-17(21(24)27)9-12-28-20/h3,5-6,9,12-14,18H,4,7-8,10-11H2,1-2H3. The summed E-state index contributed by atoms with van der Waals surface area (Å²) in [6.45, 7) is 1.13. The van der Waals surface area contributed by atoms with Crippen LogP contribution in [0, 0.1) is 0 Å². The monoisotopic (exact) mass is 396 g/mol. The Morgan fingerprint density at radius 3 is 3.00 bits per heavy atom. The first-order valence-corrected chi connectivity index (χ1v) is 10.4. The minimum absolute atomic E-state index is 0.0734. The molecule has 0 N–H and O–H groups in total. The van der Waals surface area contributed by atoms with Crippen LogP contribution in [0.4, 0.5) is 5.69 Å². The molecule has 1 aliphatic heterocycles. The molecule has 1 amide bonds. The van der Waals surface area contributed by atoms with Crippen molar-refractivity contribution < 1.29 is 4.79 Å². The van der Waals surface area contributed by atoms with Gasteiger partial charge in [0.15, 0.2) is 0 Å². The Bertz CT molecular complexity index is 1060. The normalized spacial score (nSPS) is 16.6. The third-order valence-corrected chi connectivity index (χ3v) is 6.18. The van der Waals surface area contributed by atoms with Gasteiger partial charge in [0.25, 0.3) is 5.56 Å². The van der Waals surface area contributed by atoms with Crippen LogP contribution >= 0.6 is 11.3 Å². The first-order chi connectivity index (χ1) is 13.5. The van der Waals surface area contributed by atoms with Crippen molar-refractivity contribution in [3.8, 4) is 0 Å². The number of hydrogen-bond donors (Lipinski definition) is 0. The molecule has 1 aromatic carbocycles. The summed E-state index contributed by atoms with van der Waals surface area (Å²) in [5.41, 5.74) is 2.24. The molecule has 0 bridgehead atoms. The fourth-order valence-electron chi connectivity index (χ4n) is 3.83. The van der Waals surface area contributed by atoms with Crippen molar-refractivity contribution in [2.75, 3.05) is 25.5 Å². The maximum atomic E-state index is 12.9. The van der Waals surface area contributed by atoms with Crippen molar-refractivity contribution in [3.05, 3.63) is 58.0 Å². The Labute approximate surface area is 168 Å². The zero-order valence-electron chi connectivity index (χ0n) is 16.2. The third kappa shape index (κ3) is 3.54. The van der Waals surface area contributed by atoms with Gasteiger partial charge in [-0.1, -0.05) is 12.1 Å². The van der Waals surface area contributed by atoms with E-state index in [1.54, 1.807) is 17.0 Å². The lowest BCUT2D eigenvalue weighted by molar-refractivity contribution is -0.132. The zero-order chi connectivity index (χ0) is 19.7. The number of carbonyl (C=O) groups is 1. The Balaban J connectivity index is 1.48. The lowest BCUT2D eigenvalue weighted by Crippen LogP contribution is -2.32.